The predicted octanol–water partition coefficient (Wildman–Crippen LogP) is 2.23. The standard InChI is InChI=1S/C16H16N2O3S/c17-12-3-7-14(8-4-12)22(20,21)15-9-5-13(6-10-15)18-11-1-2-16(18)19/h3-10H,1-2,11,17H2. The highest BCUT2D eigenvalue weighted by molar-refractivity contribution is 7.91. The van der Waals surface area contributed by atoms with Gasteiger partial charge in [-0.1, -0.05) is 0 Å². The van der Waals surface area contributed by atoms with Crippen molar-refractivity contribution in [2.75, 3.05) is 17.2 Å². The monoisotopic (exact) mass is 316 g/mol. The van der Waals surface area contributed by atoms with Crippen molar-refractivity contribution in [3.63, 3.8) is 0 Å². The first-order valence-corrected chi connectivity index (χ1v) is 8.48. The molecule has 2 N–H and O–H groups in total. The van der Waals surface area contributed by atoms with E-state index in [0.29, 0.717) is 18.7 Å². The van der Waals surface area contributed by atoms with E-state index < -0.39 is 9.84 Å². The number of hydrogen-bond donors (Lipinski definition) is 1. The van der Waals surface area contributed by atoms with Gasteiger partial charge in [0.1, 0.15) is 0 Å². The molecule has 0 aromatic heterocycles. The highest BCUT2D eigenvalue weighted by atomic mass is 32.2. The van der Waals surface area contributed by atoms with E-state index >= 15 is 0 Å². The van der Waals surface area contributed by atoms with Gasteiger partial charge in [-0.15, -0.1) is 0 Å². The predicted molar refractivity (Wildman–Crippen MR) is 84.3 cm³/mol. The van der Waals surface area contributed by atoms with E-state index in [1.807, 2.05) is 0 Å². The highest BCUT2D eigenvalue weighted by Gasteiger charge is 2.23. The number of sulfone groups is 1. The summed E-state index contributed by atoms with van der Waals surface area (Å²) < 4.78 is 25.0. The Morgan fingerprint density at radius 2 is 1.45 bits per heavy atom. The number of nitrogens with zero attached hydrogens (tertiary/aromatic N) is 1. The lowest BCUT2D eigenvalue weighted by molar-refractivity contribution is -0.117. The molecule has 114 valence electrons. The fraction of sp³-hybridized carbons (Fsp3) is 0.188. The zero-order valence-electron chi connectivity index (χ0n) is 11.9. The summed E-state index contributed by atoms with van der Waals surface area (Å²) in [5.74, 6) is 0.0779. The number of benzene rings is 2. The molecule has 0 unspecified atom stereocenters. The third kappa shape index (κ3) is 2.57. The maximum absolute atomic E-state index is 12.5. The quantitative estimate of drug-likeness (QED) is 0.881. The molecule has 3 rings (SSSR count). The van der Waals surface area contributed by atoms with Gasteiger partial charge in [0.15, 0.2) is 0 Å². The van der Waals surface area contributed by atoms with Crippen molar-refractivity contribution in [1.29, 1.82) is 0 Å². The van der Waals surface area contributed by atoms with Crippen LogP contribution in [0.25, 0.3) is 0 Å². The van der Waals surface area contributed by atoms with E-state index in [1.165, 1.54) is 24.3 Å². The maximum Gasteiger partial charge on any atom is 0.227 e. The van der Waals surface area contributed by atoms with Crippen LogP contribution < -0.4 is 10.6 Å². The Hall–Kier alpha value is -2.34. The summed E-state index contributed by atoms with van der Waals surface area (Å²) >= 11 is 0. The molecule has 6 heteroatoms. The van der Waals surface area contributed by atoms with Gasteiger partial charge >= 0.3 is 0 Å². The van der Waals surface area contributed by atoms with Gasteiger partial charge in [-0.05, 0) is 55.0 Å². The minimum Gasteiger partial charge on any atom is -0.399 e. The molecule has 2 aromatic rings. The summed E-state index contributed by atoms with van der Waals surface area (Å²) in [7, 11) is -3.57. The average Bonchev–Trinajstić information content (AvgIpc) is 2.94. The summed E-state index contributed by atoms with van der Waals surface area (Å²) in [6, 6.07) is 12.5. The van der Waals surface area contributed by atoms with Gasteiger partial charge in [0.2, 0.25) is 15.7 Å². The number of rotatable bonds is 3. The van der Waals surface area contributed by atoms with Gasteiger partial charge in [-0.3, -0.25) is 4.79 Å². The smallest absolute Gasteiger partial charge is 0.227 e. The van der Waals surface area contributed by atoms with E-state index in [-0.39, 0.29) is 15.7 Å². The van der Waals surface area contributed by atoms with Crippen molar-refractivity contribution in [3.8, 4) is 0 Å². The zero-order valence-corrected chi connectivity index (χ0v) is 12.7. The molecule has 1 fully saturated rings. The van der Waals surface area contributed by atoms with Crippen molar-refractivity contribution in [2.24, 2.45) is 0 Å². The van der Waals surface area contributed by atoms with Gasteiger partial charge in [-0.2, -0.15) is 0 Å². The number of anilines is 2. The second-order valence-electron chi connectivity index (χ2n) is 5.22. The van der Waals surface area contributed by atoms with Crippen LogP contribution in [0.5, 0.6) is 0 Å². The van der Waals surface area contributed by atoms with E-state index in [2.05, 4.69) is 0 Å². The fourth-order valence-corrected chi connectivity index (χ4v) is 3.77. The normalized spacial score (nSPS) is 15.3. The molecule has 0 spiro atoms. The molecule has 0 atom stereocenters. The molecule has 22 heavy (non-hydrogen) atoms. The van der Waals surface area contributed by atoms with E-state index in [9.17, 15) is 13.2 Å². The molecule has 1 heterocycles. The second-order valence-corrected chi connectivity index (χ2v) is 7.16. The van der Waals surface area contributed by atoms with Gasteiger partial charge in [0, 0.05) is 24.3 Å². The fourth-order valence-electron chi connectivity index (χ4n) is 2.51. The van der Waals surface area contributed by atoms with Gasteiger partial charge in [-0.25, -0.2) is 8.42 Å². The first-order valence-electron chi connectivity index (χ1n) is 6.99. The third-order valence-corrected chi connectivity index (χ3v) is 5.51. The van der Waals surface area contributed by atoms with Crippen LogP contribution in [0, 0.1) is 0 Å². The van der Waals surface area contributed by atoms with Gasteiger partial charge in [0.25, 0.3) is 0 Å². The summed E-state index contributed by atoms with van der Waals surface area (Å²) in [6.07, 6.45) is 1.38. The zero-order chi connectivity index (χ0) is 15.7. The molecule has 0 aliphatic carbocycles. The summed E-state index contributed by atoms with van der Waals surface area (Å²) in [5.41, 5.74) is 6.83. The Morgan fingerprint density at radius 1 is 0.909 bits per heavy atom. The number of nitrogens with two attached hydrogens (primary N) is 1. The number of carbonyl (C=O) groups excluding carboxylic acids is 1. The van der Waals surface area contributed by atoms with Crippen molar-refractivity contribution < 1.29 is 13.2 Å². The molecule has 5 nitrogen and oxygen atoms in total. The summed E-state index contributed by atoms with van der Waals surface area (Å²) in [5, 5.41) is 0. The molecule has 0 saturated carbocycles. The van der Waals surface area contributed by atoms with E-state index in [1.54, 1.807) is 29.2 Å². The molecule has 0 radical (unpaired) electrons. The molecule has 1 aliphatic rings. The number of nitrogen functional groups attached to an aromatic ring is 1. The van der Waals surface area contributed by atoms with Crippen LogP contribution in [0.4, 0.5) is 11.4 Å². The Bertz CT molecular complexity index is 796. The molecule has 2 aromatic carbocycles. The summed E-state index contributed by atoms with van der Waals surface area (Å²) in [6.45, 7) is 0.683. The van der Waals surface area contributed by atoms with Crippen LogP contribution in [-0.4, -0.2) is 20.9 Å². The van der Waals surface area contributed by atoms with Gasteiger partial charge < -0.3 is 10.6 Å². The minimum atomic E-state index is -3.57. The largest absolute Gasteiger partial charge is 0.399 e. The lowest BCUT2D eigenvalue weighted by Crippen LogP contribution is -2.23. The Balaban J connectivity index is 1.92. The number of amides is 1. The average molecular weight is 316 g/mol. The lowest BCUT2D eigenvalue weighted by Gasteiger charge is -2.16. The molecule has 1 aliphatic heterocycles. The SMILES string of the molecule is Nc1ccc(S(=O)(=O)c2ccc(N3CCCC3=O)cc2)cc1. The topological polar surface area (TPSA) is 80.5 Å². The highest BCUT2D eigenvalue weighted by Crippen LogP contribution is 2.26. The molecule has 1 amide bonds. The van der Waals surface area contributed by atoms with Crippen LogP contribution in [0.1, 0.15) is 12.8 Å². The van der Waals surface area contributed by atoms with Crippen LogP contribution in [0.15, 0.2) is 58.3 Å². The Kier molecular flexibility index (Phi) is 3.62. The second kappa shape index (κ2) is 5.46. The van der Waals surface area contributed by atoms with Crippen LogP contribution in [0.3, 0.4) is 0 Å². The van der Waals surface area contributed by atoms with Crippen molar-refractivity contribution in [2.45, 2.75) is 22.6 Å². The van der Waals surface area contributed by atoms with Crippen LogP contribution >= 0.6 is 0 Å². The number of carbonyl (C=O) groups is 1. The maximum atomic E-state index is 12.5. The molecule has 1 saturated heterocycles. The number of hydrogen-bond acceptors (Lipinski definition) is 4. The van der Waals surface area contributed by atoms with Crippen LogP contribution in [-0.2, 0) is 14.6 Å². The minimum absolute atomic E-state index is 0.0779. The Morgan fingerprint density at radius 3 is 1.95 bits per heavy atom. The molecule has 0 bridgehead atoms. The molecular weight excluding hydrogens is 300 g/mol. The van der Waals surface area contributed by atoms with Gasteiger partial charge in [0.05, 0.1) is 9.79 Å². The van der Waals surface area contributed by atoms with Crippen molar-refractivity contribution in [3.05, 3.63) is 48.5 Å². The lowest BCUT2D eigenvalue weighted by atomic mass is 10.3. The van der Waals surface area contributed by atoms with E-state index in [4.69, 9.17) is 5.73 Å². The Labute approximate surface area is 129 Å². The third-order valence-electron chi connectivity index (χ3n) is 3.72. The van der Waals surface area contributed by atoms with Crippen molar-refractivity contribution in [1.82, 2.24) is 0 Å². The van der Waals surface area contributed by atoms with E-state index in [0.717, 1.165) is 12.1 Å². The molecular formula is C16H16N2O3S. The first-order chi connectivity index (χ1) is 10.5. The first kappa shape index (κ1) is 14.6. The summed E-state index contributed by atoms with van der Waals surface area (Å²) in [4.78, 5) is 13.8. The van der Waals surface area contributed by atoms with Crippen LogP contribution in [0.2, 0.25) is 0 Å². The van der Waals surface area contributed by atoms with Crippen molar-refractivity contribution >= 4 is 27.1 Å².